The molecule has 0 radical (unpaired) electrons. The number of carbonyl (C=O) groups is 1. The summed E-state index contributed by atoms with van der Waals surface area (Å²) in [6, 6.07) is 6.73. The maximum Gasteiger partial charge on any atom is 0.295 e. The molecule has 0 aliphatic heterocycles. The van der Waals surface area contributed by atoms with Gasteiger partial charge in [-0.1, -0.05) is 0 Å². The van der Waals surface area contributed by atoms with E-state index in [0.717, 1.165) is 35.0 Å². The summed E-state index contributed by atoms with van der Waals surface area (Å²) in [4.78, 5) is 31.8. The van der Waals surface area contributed by atoms with Crippen LogP contribution in [0.1, 0.15) is 28.3 Å². The Labute approximate surface area is 130 Å². The number of H-pyrrole nitrogens is 1. The fourth-order valence-electron chi connectivity index (χ4n) is 2.76. The number of hydrogen-bond acceptors (Lipinski definition) is 5. The predicted octanol–water partition coefficient (Wildman–Crippen LogP) is 0.741. The molecule has 23 heavy (non-hydrogen) atoms. The average Bonchev–Trinajstić information content (AvgIpc) is 3.16. The molecular weight excluding hydrogens is 296 g/mol. The standard InChI is InChI=1S/C15H14N6O2/c16-8-4-6-9(7-5-8)17-13(22)12-19-15-18-11-3-1-2-10(11)14(23)21(15)20-12/h4-7H,1-3,16H2,(H,17,22)(H,18,19,20). The first-order chi connectivity index (χ1) is 11.1. The smallest absolute Gasteiger partial charge is 0.295 e. The lowest BCUT2D eigenvalue weighted by Crippen LogP contribution is -2.21. The van der Waals surface area contributed by atoms with E-state index in [4.69, 9.17) is 5.73 Å². The number of aromatic amines is 1. The molecule has 8 heteroatoms. The number of hydrogen-bond donors (Lipinski definition) is 3. The molecule has 0 saturated heterocycles. The Morgan fingerprint density at radius 2 is 2.04 bits per heavy atom. The average molecular weight is 310 g/mol. The molecule has 4 N–H and O–H groups in total. The Bertz CT molecular complexity index is 970. The van der Waals surface area contributed by atoms with E-state index in [1.165, 1.54) is 0 Å². The van der Waals surface area contributed by atoms with Crippen molar-refractivity contribution >= 4 is 23.1 Å². The van der Waals surface area contributed by atoms with E-state index < -0.39 is 5.91 Å². The van der Waals surface area contributed by atoms with E-state index in [9.17, 15) is 9.59 Å². The number of aromatic nitrogens is 4. The number of benzene rings is 1. The zero-order valence-electron chi connectivity index (χ0n) is 12.2. The van der Waals surface area contributed by atoms with Crippen LogP contribution in [-0.4, -0.2) is 25.5 Å². The number of aryl methyl sites for hydroxylation is 1. The van der Waals surface area contributed by atoms with E-state index in [1.54, 1.807) is 24.3 Å². The Morgan fingerprint density at radius 3 is 2.83 bits per heavy atom. The first kappa shape index (κ1) is 13.5. The van der Waals surface area contributed by atoms with Crippen LogP contribution in [0.2, 0.25) is 0 Å². The molecule has 4 rings (SSSR count). The third kappa shape index (κ3) is 2.24. The lowest BCUT2D eigenvalue weighted by Gasteiger charge is -2.02. The van der Waals surface area contributed by atoms with Crippen molar-refractivity contribution in [1.29, 1.82) is 0 Å². The second kappa shape index (κ2) is 4.94. The van der Waals surface area contributed by atoms with Crippen LogP contribution in [0.15, 0.2) is 29.1 Å². The zero-order chi connectivity index (χ0) is 16.0. The van der Waals surface area contributed by atoms with Gasteiger partial charge in [-0.15, -0.1) is 5.10 Å². The Morgan fingerprint density at radius 1 is 1.26 bits per heavy atom. The summed E-state index contributed by atoms with van der Waals surface area (Å²) in [6.45, 7) is 0. The molecule has 1 aromatic carbocycles. The molecule has 3 aromatic rings. The van der Waals surface area contributed by atoms with Crippen molar-refractivity contribution in [2.45, 2.75) is 19.3 Å². The molecule has 0 unspecified atom stereocenters. The molecule has 0 saturated carbocycles. The van der Waals surface area contributed by atoms with Crippen molar-refractivity contribution in [3.8, 4) is 0 Å². The first-order valence-corrected chi connectivity index (χ1v) is 7.29. The number of nitrogens with zero attached hydrogens (tertiary/aromatic N) is 3. The van der Waals surface area contributed by atoms with Crippen molar-refractivity contribution in [3.05, 3.63) is 51.7 Å². The van der Waals surface area contributed by atoms with Crippen LogP contribution in [0, 0.1) is 0 Å². The van der Waals surface area contributed by atoms with Gasteiger partial charge in [0.2, 0.25) is 11.6 Å². The minimum Gasteiger partial charge on any atom is -0.399 e. The molecule has 0 fully saturated rings. The molecule has 0 bridgehead atoms. The second-order valence-electron chi connectivity index (χ2n) is 5.49. The van der Waals surface area contributed by atoms with E-state index in [-0.39, 0.29) is 17.2 Å². The molecule has 1 amide bonds. The van der Waals surface area contributed by atoms with Crippen LogP contribution in [-0.2, 0) is 12.8 Å². The van der Waals surface area contributed by atoms with Crippen molar-refractivity contribution in [2.75, 3.05) is 11.1 Å². The van der Waals surface area contributed by atoms with Crippen LogP contribution in [0.4, 0.5) is 11.4 Å². The zero-order valence-corrected chi connectivity index (χ0v) is 12.2. The summed E-state index contributed by atoms with van der Waals surface area (Å²) in [7, 11) is 0. The van der Waals surface area contributed by atoms with Gasteiger partial charge in [0, 0.05) is 22.6 Å². The lowest BCUT2D eigenvalue weighted by molar-refractivity contribution is 0.101. The number of nitrogens with one attached hydrogen (secondary N) is 2. The van der Waals surface area contributed by atoms with Crippen molar-refractivity contribution in [3.63, 3.8) is 0 Å². The molecule has 1 aliphatic carbocycles. The van der Waals surface area contributed by atoms with Crippen molar-refractivity contribution < 1.29 is 4.79 Å². The number of nitrogens with two attached hydrogens (primary N) is 1. The highest BCUT2D eigenvalue weighted by molar-refractivity contribution is 6.01. The summed E-state index contributed by atoms with van der Waals surface area (Å²) in [5.41, 5.74) is 8.20. The highest BCUT2D eigenvalue weighted by atomic mass is 16.2. The summed E-state index contributed by atoms with van der Waals surface area (Å²) in [6.07, 6.45) is 2.49. The number of amides is 1. The van der Waals surface area contributed by atoms with Gasteiger partial charge in [-0.3, -0.25) is 9.59 Å². The molecule has 0 atom stereocenters. The molecule has 0 spiro atoms. The first-order valence-electron chi connectivity index (χ1n) is 7.29. The summed E-state index contributed by atoms with van der Waals surface area (Å²) >= 11 is 0. The second-order valence-corrected chi connectivity index (χ2v) is 5.49. The molecule has 2 aromatic heterocycles. The monoisotopic (exact) mass is 310 g/mol. The molecule has 2 heterocycles. The van der Waals surface area contributed by atoms with Gasteiger partial charge >= 0.3 is 0 Å². The molecular formula is C15H14N6O2. The number of rotatable bonds is 2. The topological polar surface area (TPSA) is 118 Å². The Kier molecular flexibility index (Phi) is 2.90. The fraction of sp³-hybridized carbons (Fsp3) is 0.200. The minimum absolute atomic E-state index is 0.0566. The Balaban J connectivity index is 1.69. The van der Waals surface area contributed by atoms with Gasteiger partial charge in [-0.05, 0) is 43.5 Å². The highest BCUT2D eigenvalue weighted by Crippen LogP contribution is 2.16. The van der Waals surface area contributed by atoms with Crippen LogP contribution in [0.3, 0.4) is 0 Å². The van der Waals surface area contributed by atoms with Gasteiger partial charge < -0.3 is 16.0 Å². The molecule has 116 valence electrons. The van der Waals surface area contributed by atoms with Crippen molar-refractivity contribution in [2.24, 2.45) is 0 Å². The maximum atomic E-state index is 12.3. The third-order valence-electron chi connectivity index (χ3n) is 3.91. The van der Waals surface area contributed by atoms with Gasteiger partial charge in [0.25, 0.3) is 11.5 Å². The molecule has 8 nitrogen and oxygen atoms in total. The van der Waals surface area contributed by atoms with Gasteiger partial charge in [0.1, 0.15) is 0 Å². The third-order valence-corrected chi connectivity index (χ3v) is 3.91. The van der Waals surface area contributed by atoms with E-state index >= 15 is 0 Å². The quantitative estimate of drug-likeness (QED) is 0.603. The van der Waals surface area contributed by atoms with Crippen LogP contribution < -0.4 is 16.6 Å². The lowest BCUT2D eigenvalue weighted by atomic mass is 10.3. The normalized spacial score (nSPS) is 13.2. The van der Waals surface area contributed by atoms with Crippen LogP contribution in [0.25, 0.3) is 5.78 Å². The largest absolute Gasteiger partial charge is 0.399 e. The van der Waals surface area contributed by atoms with Gasteiger partial charge in [-0.2, -0.15) is 9.50 Å². The summed E-state index contributed by atoms with van der Waals surface area (Å²) < 4.78 is 1.15. The van der Waals surface area contributed by atoms with Crippen LogP contribution in [0.5, 0.6) is 0 Å². The van der Waals surface area contributed by atoms with E-state index in [1.807, 2.05) is 0 Å². The summed E-state index contributed by atoms with van der Waals surface area (Å²) in [5, 5.41) is 6.70. The fourth-order valence-corrected chi connectivity index (χ4v) is 2.76. The van der Waals surface area contributed by atoms with Gasteiger partial charge in [0.15, 0.2) is 0 Å². The van der Waals surface area contributed by atoms with Crippen molar-refractivity contribution in [1.82, 2.24) is 19.6 Å². The van der Waals surface area contributed by atoms with Crippen LogP contribution >= 0.6 is 0 Å². The van der Waals surface area contributed by atoms with E-state index in [0.29, 0.717) is 11.4 Å². The number of anilines is 2. The SMILES string of the molecule is Nc1ccc(NC(=O)c2nc3[nH]c4c(c(=O)n3n2)CCC4)cc1. The minimum atomic E-state index is -0.480. The summed E-state index contributed by atoms with van der Waals surface area (Å²) in [5.74, 6) is -0.247. The highest BCUT2D eigenvalue weighted by Gasteiger charge is 2.21. The molecule has 1 aliphatic rings. The van der Waals surface area contributed by atoms with E-state index in [2.05, 4.69) is 20.4 Å². The Hall–Kier alpha value is -3.16. The predicted molar refractivity (Wildman–Crippen MR) is 84.4 cm³/mol. The number of carbonyl (C=O) groups excluding carboxylic acids is 1. The van der Waals surface area contributed by atoms with Gasteiger partial charge in [0.05, 0.1) is 0 Å². The number of fused-ring (bicyclic) bond motifs is 2. The van der Waals surface area contributed by atoms with Gasteiger partial charge in [-0.25, -0.2) is 0 Å². The maximum absolute atomic E-state index is 12.3. The number of nitrogen functional groups attached to an aromatic ring is 1.